The van der Waals surface area contributed by atoms with Crippen molar-refractivity contribution < 1.29 is 15.0 Å². The fourth-order valence-corrected chi connectivity index (χ4v) is 4.73. The van der Waals surface area contributed by atoms with Crippen LogP contribution in [0.25, 0.3) is 0 Å². The fraction of sp³-hybridized carbons (Fsp3) is 0.611. The predicted molar refractivity (Wildman–Crippen MR) is 81.0 cm³/mol. The van der Waals surface area contributed by atoms with Crippen molar-refractivity contribution in [3.63, 3.8) is 0 Å². The normalized spacial score (nSPS) is 30.3. The minimum atomic E-state index is -1.55. The van der Waals surface area contributed by atoms with Gasteiger partial charge >= 0.3 is 5.97 Å². The molecular formula is C18H24O3. The lowest BCUT2D eigenvalue weighted by Crippen LogP contribution is -2.49. The molecule has 21 heavy (non-hydrogen) atoms. The molecule has 0 heterocycles. The molecule has 3 rings (SSSR count). The SMILES string of the molecule is CCCC(O)(C(=O)O)C1C2CCC1Cc1ccccc1C2. The summed E-state index contributed by atoms with van der Waals surface area (Å²) in [7, 11) is 0. The molecule has 1 aromatic carbocycles. The molecule has 3 unspecified atom stereocenters. The van der Waals surface area contributed by atoms with Gasteiger partial charge in [-0.05, 0) is 55.1 Å². The van der Waals surface area contributed by atoms with Crippen LogP contribution >= 0.6 is 0 Å². The first-order valence-corrected chi connectivity index (χ1v) is 8.08. The van der Waals surface area contributed by atoms with Crippen LogP contribution in [-0.2, 0) is 17.6 Å². The van der Waals surface area contributed by atoms with E-state index >= 15 is 0 Å². The molecule has 2 aliphatic carbocycles. The molecule has 0 aliphatic heterocycles. The Bertz CT molecular complexity index is 506. The van der Waals surface area contributed by atoms with Crippen LogP contribution < -0.4 is 0 Å². The van der Waals surface area contributed by atoms with Gasteiger partial charge in [0.05, 0.1) is 0 Å². The fourth-order valence-electron chi connectivity index (χ4n) is 4.73. The summed E-state index contributed by atoms with van der Waals surface area (Å²) in [6, 6.07) is 8.43. The summed E-state index contributed by atoms with van der Waals surface area (Å²) >= 11 is 0. The number of rotatable bonds is 4. The summed E-state index contributed by atoms with van der Waals surface area (Å²) in [5, 5.41) is 20.5. The molecule has 1 aromatic rings. The van der Waals surface area contributed by atoms with E-state index in [9.17, 15) is 15.0 Å². The van der Waals surface area contributed by atoms with E-state index in [2.05, 4.69) is 24.3 Å². The molecule has 114 valence electrons. The Hall–Kier alpha value is -1.35. The van der Waals surface area contributed by atoms with E-state index in [1.807, 2.05) is 6.92 Å². The van der Waals surface area contributed by atoms with E-state index < -0.39 is 11.6 Å². The monoisotopic (exact) mass is 288 g/mol. The van der Waals surface area contributed by atoms with Gasteiger partial charge in [0.1, 0.15) is 0 Å². The van der Waals surface area contributed by atoms with Crippen LogP contribution in [0.2, 0.25) is 0 Å². The van der Waals surface area contributed by atoms with Gasteiger partial charge in [-0.3, -0.25) is 0 Å². The van der Waals surface area contributed by atoms with E-state index in [0.717, 1.165) is 25.7 Å². The number of fused-ring (bicyclic) bond motifs is 3. The summed E-state index contributed by atoms with van der Waals surface area (Å²) < 4.78 is 0. The van der Waals surface area contributed by atoms with Gasteiger partial charge in [-0.2, -0.15) is 0 Å². The average molecular weight is 288 g/mol. The van der Waals surface area contributed by atoms with Crippen LogP contribution in [-0.4, -0.2) is 21.8 Å². The van der Waals surface area contributed by atoms with Gasteiger partial charge in [0.2, 0.25) is 0 Å². The third-order valence-electron chi connectivity index (χ3n) is 5.56. The Balaban J connectivity index is 1.97. The van der Waals surface area contributed by atoms with Crippen LogP contribution in [0, 0.1) is 17.8 Å². The summed E-state index contributed by atoms with van der Waals surface area (Å²) in [4.78, 5) is 11.8. The molecule has 1 fully saturated rings. The zero-order valence-electron chi connectivity index (χ0n) is 12.6. The molecule has 0 spiro atoms. The maximum atomic E-state index is 11.8. The minimum absolute atomic E-state index is 0.109. The number of carboxylic acids is 1. The number of hydrogen-bond acceptors (Lipinski definition) is 2. The van der Waals surface area contributed by atoms with Gasteiger partial charge in [-0.15, -0.1) is 0 Å². The molecule has 0 aromatic heterocycles. The highest BCUT2D eigenvalue weighted by Crippen LogP contribution is 2.50. The van der Waals surface area contributed by atoms with Crippen molar-refractivity contribution in [2.24, 2.45) is 17.8 Å². The van der Waals surface area contributed by atoms with Crippen molar-refractivity contribution >= 4 is 5.97 Å². The van der Waals surface area contributed by atoms with Crippen molar-refractivity contribution in [3.8, 4) is 0 Å². The molecule has 0 saturated heterocycles. The molecular weight excluding hydrogens is 264 g/mol. The zero-order chi connectivity index (χ0) is 15.0. The first-order valence-electron chi connectivity index (χ1n) is 8.08. The highest BCUT2D eigenvalue weighted by molar-refractivity contribution is 5.77. The number of carbonyl (C=O) groups is 1. The quantitative estimate of drug-likeness (QED) is 0.895. The Labute approximate surface area is 126 Å². The Morgan fingerprint density at radius 1 is 1.19 bits per heavy atom. The zero-order valence-corrected chi connectivity index (χ0v) is 12.6. The largest absolute Gasteiger partial charge is 0.479 e. The van der Waals surface area contributed by atoms with Gasteiger partial charge in [0.15, 0.2) is 5.60 Å². The predicted octanol–water partition coefficient (Wildman–Crippen LogP) is 3.04. The molecule has 2 aliphatic rings. The number of aliphatic carboxylic acids is 1. The summed E-state index contributed by atoms with van der Waals surface area (Å²) in [6.45, 7) is 1.95. The third kappa shape index (κ3) is 2.38. The lowest BCUT2D eigenvalue weighted by molar-refractivity contribution is -0.170. The third-order valence-corrected chi connectivity index (χ3v) is 5.56. The minimum Gasteiger partial charge on any atom is -0.479 e. The molecule has 3 heteroatoms. The molecule has 0 radical (unpaired) electrons. The molecule has 3 nitrogen and oxygen atoms in total. The van der Waals surface area contributed by atoms with Crippen LogP contribution in [0.1, 0.15) is 43.7 Å². The maximum absolute atomic E-state index is 11.8. The Kier molecular flexibility index (Phi) is 3.78. The first kappa shape index (κ1) is 14.6. The lowest BCUT2D eigenvalue weighted by atomic mass is 9.72. The van der Waals surface area contributed by atoms with Crippen LogP contribution in [0.3, 0.4) is 0 Å². The van der Waals surface area contributed by atoms with E-state index in [-0.39, 0.29) is 5.92 Å². The summed E-state index contributed by atoms with van der Waals surface area (Å²) in [5.41, 5.74) is 1.14. The van der Waals surface area contributed by atoms with Gasteiger partial charge in [0, 0.05) is 5.92 Å². The van der Waals surface area contributed by atoms with E-state index in [1.165, 1.54) is 11.1 Å². The summed E-state index contributed by atoms with van der Waals surface area (Å²) in [6.07, 6.45) is 4.97. The highest BCUT2D eigenvalue weighted by atomic mass is 16.4. The Morgan fingerprint density at radius 2 is 1.71 bits per heavy atom. The second-order valence-corrected chi connectivity index (χ2v) is 6.78. The average Bonchev–Trinajstić information content (AvgIpc) is 2.74. The second kappa shape index (κ2) is 5.45. The van der Waals surface area contributed by atoms with Gasteiger partial charge in [0.25, 0.3) is 0 Å². The first-order chi connectivity index (χ1) is 10.1. The highest BCUT2D eigenvalue weighted by Gasteiger charge is 2.53. The number of hydrogen-bond donors (Lipinski definition) is 2. The van der Waals surface area contributed by atoms with Crippen molar-refractivity contribution in [1.82, 2.24) is 0 Å². The van der Waals surface area contributed by atoms with Crippen molar-refractivity contribution in [2.45, 2.75) is 51.0 Å². The number of aliphatic hydroxyl groups is 1. The van der Waals surface area contributed by atoms with Gasteiger partial charge in [-0.25, -0.2) is 4.79 Å². The smallest absolute Gasteiger partial charge is 0.335 e. The maximum Gasteiger partial charge on any atom is 0.335 e. The molecule has 0 amide bonds. The second-order valence-electron chi connectivity index (χ2n) is 6.78. The molecule has 2 N–H and O–H groups in total. The van der Waals surface area contributed by atoms with E-state index in [4.69, 9.17) is 0 Å². The summed E-state index contributed by atoms with van der Waals surface area (Å²) in [5.74, 6) is -0.544. The van der Waals surface area contributed by atoms with Crippen molar-refractivity contribution in [2.75, 3.05) is 0 Å². The molecule has 3 atom stereocenters. The van der Waals surface area contributed by atoms with Crippen LogP contribution in [0.5, 0.6) is 0 Å². The Morgan fingerprint density at radius 3 is 2.14 bits per heavy atom. The van der Waals surface area contributed by atoms with Gasteiger partial charge < -0.3 is 10.2 Å². The van der Waals surface area contributed by atoms with E-state index in [0.29, 0.717) is 24.7 Å². The van der Waals surface area contributed by atoms with Crippen LogP contribution in [0.15, 0.2) is 24.3 Å². The topological polar surface area (TPSA) is 57.5 Å². The van der Waals surface area contributed by atoms with Crippen LogP contribution in [0.4, 0.5) is 0 Å². The van der Waals surface area contributed by atoms with Crippen molar-refractivity contribution in [1.29, 1.82) is 0 Å². The molecule has 1 saturated carbocycles. The molecule has 2 bridgehead atoms. The number of benzene rings is 1. The van der Waals surface area contributed by atoms with Crippen molar-refractivity contribution in [3.05, 3.63) is 35.4 Å². The number of carboxylic acid groups (broad SMARTS) is 1. The van der Waals surface area contributed by atoms with E-state index in [1.54, 1.807) is 0 Å². The van der Waals surface area contributed by atoms with Gasteiger partial charge in [-0.1, -0.05) is 37.6 Å². The standard InChI is InChI=1S/C18H24O3/c1-2-9-18(21,17(19)20)16-14-7-8-15(16)11-13-6-4-3-5-12(13)10-14/h3-6,14-16,21H,2,7-11H2,1H3,(H,19,20). The lowest BCUT2D eigenvalue weighted by Gasteiger charge is -2.36.